The van der Waals surface area contributed by atoms with Crippen molar-refractivity contribution in [2.24, 2.45) is 17.8 Å². The third kappa shape index (κ3) is 1.09. The van der Waals surface area contributed by atoms with Crippen molar-refractivity contribution in [3.63, 3.8) is 0 Å². The monoisotopic (exact) mass is 228 g/mol. The highest BCUT2D eigenvalue weighted by Gasteiger charge is 2.58. The Kier molecular flexibility index (Phi) is 2.18. The molecule has 2 bridgehead atoms. The molecule has 4 rings (SSSR count). The second-order valence-electron chi connectivity index (χ2n) is 4.77. The topological polar surface area (TPSA) is 17.1 Å². The van der Waals surface area contributed by atoms with Crippen molar-refractivity contribution < 1.29 is 4.79 Å². The standard InChI is InChI=1S/C11H16OS2/c1-7-8-2-3-9(10(12)6-8)11(7)13-4-5-14-11/h7-9H,2-6H2,1H3. The largest absolute Gasteiger partial charge is 0.299 e. The minimum atomic E-state index is 0.304. The van der Waals surface area contributed by atoms with Crippen molar-refractivity contribution in [1.29, 1.82) is 0 Å². The lowest BCUT2D eigenvalue weighted by Crippen LogP contribution is -2.53. The first-order valence-electron chi connectivity index (χ1n) is 5.54. The fourth-order valence-corrected chi connectivity index (χ4v) is 7.40. The maximum absolute atomic E-state index is 11.9. The van der Waals surface area contributed by atoms with Gasteiger partial charge in [0.1, 0.15) is 5.78 Å². The summed E-state index contributed by atoms with van der Waals surface area (Å²) < 4.78 is 0.304. The van der Waals surface area contributed by atoms with Crippen LogP contribution >= 0.6 is 23.5 Å². The summed E-state index contributed by atoms with van der Waals surface area (Å²) in [6, 6.07) is 0. The van der Waals surface area contributed by atoms with Gasteiger partial charge >= 0.3 is 0 Å². The summed E-state index contributed by atoms with van der Waals surface area (Å²) >= 11 is 4.17. The van der Waals surface area contributed by atoms with Crippen molar-refractivity contribution in [3.05, 3.63) is 0 Å². The third-order valence-corrected chi connectivity index (χ3v) is 8.24. The number of Topliss-reactive ketones (excluding diaryl/α,β-unsaturated/α-hetero) is 1. The van der Waals surface area contributed by atoms with E-state index in [1.165, 1.54) is 24.3 Å². The molecule has 4 aliphatic rings. The van der Waals surface area contributed by atoms with Crippen molar-refractivity contribution in [2.75, 3.05) is 11.5 Å². The van der Waals surface area contributed by atoms with E-state index in [2.05, 4.69) is 30.4 Å². The molecule has 0 radical (unpaired) electrons. The molecular weight excluding hydrogens is 212 g/mol. The van der Waals surface area contributed by atoms with Crippen LogP contribution in [0.1, 0.15) is 26.2 Å². The number of ketones is 1. The fourth-order valence-electron chi connectivity index (χ4n) is 3.45. The van der Waals surface area contributed by atoms with E-state index in [4.69, 9.17) is 0 Å². The molecule has 14 heavy (non-hydrogen) atoms. The van der Waals surface area contributed by atoms with Gasteiger partial charge in [-0.3, -0.25) is 4.79 Å². The first-order valence-corrected chi connectivity index (χ1v) is 7.52. The summed E-state index contributed by atoms with van der Waals surface area (Å²) in [6.45, 7) is 2.38. The molecule has 0 N–H and O–H groups in total. The van der Waals surface area contributed by atoms with Crippen molar-refractivity contribution in [3.8, 4) is 0 Å². The van der Waals surface area contributed by atoms with Crippen LogP contribution in [0.3, 0.4) is 0 Å². The Labute approximate surface area is 93.8 Å². The van der Waals surface area contributed by atoms with Crippen LogP contribution in [0.5, 0.6) is 0 Å². The highest BCUT2D eigenvalue weighted by molar-refractivity contribution is 8.21. The van der Waals surface area contributed by atoms with Crippen LogP contribution in [0.2, 0.25) is 0 Å². The first-order chi connectivity index (χ1) is 6.74. The van der Waals surface area contributed by atoms with E-state index in [0.29, 0.717) is 21.7 Å². The van der Waals surface area contributed by atoms with Gasteiger partial charge in [0.25, 0.3) is 0 Å². The van der Waals surface area contributed by atoms with Gasteiger partial charge in [-0.1, -0.05) is 6.92 Å². The quantitative estimate of drug-likeness (QED) is 0.634. The molecule has 3 heteroatoms. The Morgan fingerprint density at radius 3 is 2.64 bits per heavy atom. The van der Waals surface area contributed by atoms with E-state index in [1.807, 2.05) is 0 Å². The first kappa shape index (κ1) is 9.59. The molecule has 78 valence electrons. The van der Waals surface area contributed by atoms with Gasteiger partial charge in [-0.15, -0.1) is 23.5 Å². The zero-order valence-corrected chi connectivity index (χ0v) is 10.1. The smallest absolute Gasteiger partial charge is 0.138 e. The maximum Gasteiger partial charge on any atom is 0.138 e. The van der Waals surface area contributed by atoms with Crippen molar-refractivity contribution in [2.45, 2.75) is 30.3 Å². The number of fused-ring (bicyclic) bond motifs is 2. The van der Waals surface area contributed by atoms with E-state index in [9.17, 15) is 4.79 Å². The van der Waals surface area contributed by atoms with Gasteiger partial charge in [-0.2, -0.15) is 0 Å². The van der Waals surface area contributed by atoms with E-state index in [1.54, 1.807) is 0 Å². The Morgan fingerprint density at radius 1 is 1.29 bits per heavy atom. The molecule has 0 aromatic carbocycles. The van der Waals surface area contributed by atoms with E-state index < -0.39 is 0 Å². The molecular formula is C11H16OS2. The Bertz CT molecular complexity index is 270. The second-order valence-corrected chi connectivity index (χ2v) is 7.77. The molecule has 0 aromatic rings. The van der Waals surface area contributed by atoms with Gasteiger partial charge in [0.15, 0.2) is 0 Å². The number of carbonyl (C=O) groups is 1. The highest BCUT2D eigenvalue weighted by Crippen LogP contribution is 2.63. The van der Waals surface area contributed by atoms with E-state index >= 15 is 0 Å². The Hall–Kier alpha value is 0.370. The normalized spacial score (nSPS) is 44.9. The van der Waals surface area contributed by atoms with Gasteiger partial charge in [-0.05, 0) is 24.7 Å². The van der Waals surface area contributed by atoms with Crippen molar-refractivity contribution >= 4 is 29.3 Å². The summed E-state index contributed by atoms with van der Waals surface area (Å²) in [5.74, 6) is 4.93. The van der Waals surface area contributed by atoms with Crippen LogP contribution in [-0.2, 0) is 4.79 Å². The van der Waals surface area contributed by atoms with Gasteiger partial charge in [0.05, 0.1) is 4.08 Å². The molecule has 0 amide bonds. The summed E-state index contributed by atoms with van der Waals surface area (Å²) in [7, 11) is 0. The average Bonchev–Trinajstić information content (AvgIpc) is 2.64. The molecule has 1 saturated heterocycles. The maximum atomic E-state index is 11.9. The Balaban J connectivity index is 1.99. The van der Waals surface area contributed by atoms with Crippen LogP contribution < -0.4 is 0 Å². The lowest BCUT2D eigenvalue weighted by molar-refractivity contribution is -0.131. The summed E-state index contributed by atoms with van der Waals surface area (Å²) in [5.41, 5.74) is 0. The number of thioether (sulfide) groups is 2. The fraction of sp³-hybridized carbons (Fsp3) is 0.909. The lowest BCUT2D eigenvalue weighted by atomic mass is 9.64. The van der Waals surface area contributed by atoms with Crippen LogP contribution in [0.25, 0.3) is 0 Å². The van der Waals surface area contributed by atoms with Crippen LogP contribution in [0, 0.1) is 17.8 Å². The number of rotatable bonds is 0. The number of hydrogen-bond acceptors (Lipinski definition) is 3. The number of carbonyl (C=O) groups excluding carboxylic acids is 1. The van der Waals surface area contributed by atoms with Crippen molar-refractivity contribution in [1.82, 2.24) is 0 Å². The second kappa shape index (κ2) is 3.18. The van der Waals surface area contributed by atoms with E-state index in [0.717, 1.165) is 12.3 Å². The SMILES string of the molecule is CC1C2CCC(C(=O)C2)C12SCCS2. The lowest BCUT2D eigenvalue weighted by Gasteiger charge is -2.52. The zero-order chi connectivity index (χ0) is 9.76. The van der Waals surface area contributed by atoms with Gasteiger partial charge in [0, 0.05) is 23.8 Å². The zero-order valence-electron chi connectivity index (χ0n) is 8.49. The molecule has 3 unspecified atom stereocenters. The van der Waals surface area contributed by atoms with Crippen LogP contribution in [-0.4, -0.2) is 21.4 Å². The molecule has 3 atom stereocenters. The van der Waals surface area contributed by atoms with E-state index in [-0.39, 0.29) is 0 Å². The van der Waals surface area contributed by atoms with Gasteiger partial charge in [0.2, 0.25) is 0 Å². The third-order valence-electron chi connectivity index (χ3n) is 4.24. The summed E-state index contributed by atoms with van der Waals surface area (Å²) in [4.78, 5) is 11.9. The molecule has 0 aromatic heterocycles. The summed E-state index contributed by atoms with van der Waals surface area (Å²) in [6.07, 6.45) is 3.36. The molecule has 1 nitrogen and oxygen atoms in total. The molecule has 4 fully saturated rings. The van der Waals surface area contributed by atoms with Gasteiger partial charge < -0.3 is 0 Å². The number of hydrogen-bond donors (Lipinski definition) is 0. The Morgan fingerprint density at radius 2 is 2.00 bits per heavy atom. The highest BCUT2D eigenvalue weighted by atomic mass is 32.2. The summed E-state index contributed by atoms with van der Waals surface area (Å²) in [5, 5.41) is 0. The predicted molar refractivity (Wildman–Crippen MR) is 62.6 cm³/mol. The molecule has 3 saturated carbocycles. The predicted octanol–water partition coefficient (Wildman–Crippen LogP) is 2.80. The van der Waals surface area contributed by atoms with Crippen LogP contribution in [0.4, 0.5) is 0 Å². The molecule has 1 spiro atoms. The molecule has 1 aliphatic heterocycles. The molecule has 3 aliphatic carbocycles. The van der Waals surface area contributed by atoms with Crippen LogP contribution in [0.15, 0.2) is 0 Å². The minimum absolute atomic E-state index is 0.304. The minimum Gasteiger partial charge on any atom is -0.299 e. The average molecular weight is 228 g/mol. The molecule has 1 heterocycles. The van der Waals surface area contributed by atoms with Gasteiger partial charge in [-0.25, -0.2) is 0 Å².